The monoisotopic (exact) mass is 266 g/mol. The number of nitrogens with one attached hydrogen (secondary N) is 2. The lowest BCUT2D eigenvalue weighted by atomic mass is 10.2. The van der Waals surface area contributed by atoms with Gasteiger partial charge in [0, 0.05) is 12.6 Å². The number of rotatable bonds is 6. The molecule has 104 valence electrons. The zero-order valence-corrected chi connectivity index (χ0v) is 10.8. The van der Waals surface area contributed by atoms with Crippen molar-refractivity contribution in [2.75, 3.05) is 19.7 Å². The molecule has 0 bridgehead atoms. The number of hydrogen-bond donors (Lipinski definition) is 2. The van der Waals surface area contributed by atoms with Gasteiger partial charge in [-0.25, -0.2) is 4.39 Å². The van der Waals surface area contributed by atoms with Gasteiger partial charge in [0.2, 0.25) is 5.91 Å². The molecule has 1 heterocycles. The van der Waals surface area contributed by atoms with E-state index < -0.39 is 5.82 Å². The van der Waals surface area contributed by atoms with E-state index in [1.807, 2.05) is 0 Å². The molecule has 1 aliphatic heterocycles. The van der Waals surface area contributed by atoms with Crippen LogP contribution in [0.3, 0.4) is 0 Å². The molecule has 1 aliphatic rings. The predicted octanol–water partition coefficient (Wildman–Crippen LogP) is 1.46. The van der Waals surface area contributed by atoms with E-state index in [4.69, 9.17) is 4.74 Å². The van der Waals surface area contributed by atoms with Crippen LogP contribution in [0.4, 0.5) is 4.39 Å². The summed E-state index contributed by atoms with van der Waals surface area (Å²) in [4.78, 5) is 11.6. The first-order chi connectivity index (χ1) is 9.25. The number of halogens is 1. The first-order valence-corrected chi connectivity index (χ1v) is 6.63. The van der Waals surface area contributed by atoms with E-state index >= 15 is 0 Å². The van der Waals surface area contributed by atoms with Crippen LogP contribution in [0.25, 0.3) is 0 Å². The quantitative estimate of drug-likeness (QED) is 0.819. The maximum Gasteiger partial charge on any atom is 0.223 e. The van der Waals surface area contributed by atoms with E-state index in [2.05, 4.69) is 10.6 Å². The van der Waals surface area contributed by atoms with Crippen LogP contribution >= 0.6 is 0 Å². The highest BCUT2D eigenvalue weighted by atomic mass is 19.1. The average molecular weight is 266 g/mol. The lowest BCUT2D eigenvalue weighted by molar-refractivity contribution is -0.121. The van der Waals surface area contributed by atoms with Gasteiger partial charge in [-0.15, -0.1) is 0 Å². The Balaban J connectivity index is 1.62. The Bertz CT molecular complexity index is 420. The lowest BCUT2D eigenvalue weighted by Gasteiger charge is -2.11. The van der Waals surface area contributed by atoms with Crippen molar-refractivity contribution in [2.24, 2.45) is 0 Å². The third-order valence-electron chi connectivity index (χ3n) is 3.13. The second-order valence-corrected chi connectivity index (χ2v) is 4.63. The van der Waals surface area contributed by atoms with Crippen molar-refractivity contribution in [2.45, 2.75) is 25.3 Å². The van der Waals surface area contributed by atoms with Gasteiger partial charge in [0.05, 0.1) is 13.0 Å². The van der Waals surface area contributed by atoms with Gasteiger partial charge < -0.3 is 15.4 Å². The minimum atomic E-state index is -0.405. The number of carbonyl (C=O) groups excluding carboxylic acids is 1. The maximum absolute atomic E-state index is 13.2. The fraction of sp³-hybridized carbons (Fsp3) is 0.500. The van der Waals surface area contributed by atoms with Gasteiger partial charge in [-0.1, -0.05) is 12.1 Å². The van der Waals surface area contributed by atoms with Crippen LogP contribution in [-0.4, -0.2) is 31.6 Å². The Morgan fingerprint density at radius 2 is 2.32 bits per heavy atom. The summed E-state index contributed by atoms with van der Waals surface area (Å²) in [5.74, 6) is -0.282. The number of para-hydroxylation sites is 1. The zero-order valence-electron chi connectivity index (χ0n) is 10.8. The highest BCUT2D eigenvalue weighted by Gasteiger charge is 2.14. The minimum Gasteiger partial charge on any atom is -0.490 e. The summed E-state index contributed by atoms with van der Waals surface area (Å²) in [5, 5.41) is 6.16. The Labute approximate surface area is 112 Å². The first-order valence-electron chi connectivity index (χ1n) is 6.63. The summed E-state index contributed by atoms with van der Waals surface area (Å²) >= 11 is 0. The minimum absolute atomic E-state index is 0.0648. The van der Waals surface area contributed by atoms with Crippen LogP contribution in [-0.2, 0) is 4.79 Å². The molecule has 19 heavy (non-hydrogen) atoms. The molecule has 0 aromatic heterocycles. The Kier molecular flexibility index (Phi) is 5.15. The Morgan fingerprint density at radius 1 is 1.47 bits per heavy atom. The molecular formula is C14H19FN2O2. The van der Waals surface area contributed by atoms with Crippen molar-refractivity contribution in [3.8, 4) is 5.75 Å². The standard InChI is InChI=1S/C14H19FN2O2/c15-12-5-1-2-6-13(12)19-9-7-14(18)17-10-11-4-3-8-16-11/h1-2,5-6,11,16H,3-4,7-10H2,(H,17,18). The van der Waals surface area contributed by atoms with Crippen molar-refractivity contribution in [1.82, 2.24) is 10.6 Å². The number of hydrogen-bond acceptors (Lipinski definition) is 3. The lowest BCUT2D eigenvalue weighted by Crippen LogP contribution is -2.37. The van der Waals surface area contributed by atoms with Gasteiger partial charge in [0.1, 0.15) is 0 Å². The van der Waals surface area contributed by atoms with Crippen LogP contribution in [0.15, 0.2) is 24.3 Å². The molecule has 1 aromatic rings. The molecule has 0 spiro atoms. The normalized spacial score (nSPS) is 18.3. The number of benzene rings is 1. The highest BCUT2D eigenvalue weighted by molar-refractivity contribution is 5.76. The van der Waals surface area contributed by atoms with Crippen molar-refractivity contribution in [3.63, 3.8) is 0 Å². The van der Waals surface area contributed by atoms with Crippen molar-refractivity contribution in [1.29, 1.82) is 0 Å². The van der Waals surface area contributed by atoms with E-state index in [9.17, 15) is 9.18 Å². The van der Waals surface area contributed by atoms with Crippen molar-refractivity contribution < 1.29 is 13.9 Å². The zero-order chi connectivity index (χ0) is 13.5. The van der Waals surface area contributed by atoms with Crippen LogP contribution in [0.2, 0.25) is 0 Å². The summed E-state index contributed by atoms with van der Waals surface area (Å²) in [6, 6.07) is 6.57. The average Bonchev–Trinajstić information content (AvgIpc) is 2.92. The third kappa shape index (κ3) is 4.52. The van der Waals surface area contributed by atoms with E-state index in [-0.39, 0.29) is 24.7 Å². The van der Waals surface area contributed by atoms with Gasteiger partial charge >= 0.3 is 0 Å². The molecule has 4 nitrogen and oxygen atoms in total. The molecule has 2 N–H and O–H groups in total. The largest absolute Gasteiger partial charge is 0.490 e. The molecular weight excluding hydrogens is 247 g/mol. The summed E-state index contributed by atoms with van der Waals surface area (Å²) in [7, 11) is 0. The summed E-state index contributed by atoms with van der Waals surface area (Å²) in [5.41, 5.74) is 0. The van der Waals surface area contributed by atoms with Gasteiger partial charge in [0.15, 0.2) is 11.6 Å². The molecule has 0 radical (unpaired) electrons. The molecule has 1 atom stereocenters. The summed E-state index contributed by atoms with van der Waals surface area (Å²) in [6.45, 7) is 1.86. The second-order valence-electron chi connectivity index (χ2n) is 4.63. The fourth-order valence-corrected chi connectivity index (χ4v) is 2.07. The number of ether oxygens (including phenoxy) is 1. The number of amides is 1. The summed E-state index contributed by atoms with van der Waals surface area (Å²) in [6.07, 6.45) is 2.50. The smallest absolute Gasteiger partial charge is 0.223 e. The van der Waals surface area contributed by atoms with E-state index in [0.29, 0.717) is 12.6 Å². The molecule has 1 amide bonds. The molecule has 1 aromatic carbocycles. The molecule has 0 aliphatic carbocycles. The predicted molar refractivity (Wildman–Crippen MR) is 70.5 cm³/mol. The first kappa shape index (κ1) is 13.8. The van der Waals surface area contributed by atoms with Crippen molar-refractivity contribution in [3.05, 3.63) is 30.1 Å². The molecule has 1 unspecified atom stereocenters. The molecule has 1 fully saturated rings. The van der Waals surface area contributed by atoms with Crippen molar-refractivity contribution >= 4 is 5.91 Å². The number of carbonyl (C=O) groups is 1. The van der Waals surface area contributed by atoms with E-state index in [0.717, 1.165) is 19.4 Å². The summed E-state index contributed by atoms with van der Waals surface area (Å²) < 4.78 is 18.5. The third-order valence-corrected chi connectivity index (χ3v) is 3.13. The van der Waals surface area contributed by atoms with Gasteiger partial charge in [-0.2, -0.15) is 0 Å². The van der Waals surface area contributed by atoms with E-state index in [1.165, 1.54) is 6.07 Å². The molecule has 1 saturated heterocycles. The van der Waals surface area contributed by atoms with Crippen LogP contribution in [0.1, 0.15) is 19.3 Å². The van der Waals surface area contributed by atoms with Gasteiger partial charge in [-0.3, -0.25) is 4.79 Å². The van der Waals surface area contributed by atoms with E-state index in [1.54, 1.807) is 18.2 Å². The SMILES string of the molecule is O=C(CCOc1ccccc1F)NCC1CCCN1. The molecule has 5 heteroatoms. The molecule has 0 saturated carbocycles. The Morgan fingerprint density at radius 3 is 3.05 bits per heavy atom. The fourth-order valence-electron chi connectivity index (χ4n) is 2.07. The van der Waals surface area contributed by atoms with Gasteiger partial charge in [-0.05, 0) is 31.5 Å². The topological polar surface area (TPSA) is 50.4 Å². The van der Waals surface area contributed by atoms with Crippen LogP contribution in [0.5, 0.6) is 5.75 Å². The molecule has 2 rings (SSSR count). The van der Waals surface area contributed by atoms with Crippen LogP contribution < -0.4 is 15.4 Å². The van der Waals surface area contributed by atoms with Crippen LogP contribution in [0, 0.1) is 5.82 Å². The second kappa shape index (κ2) is 7.09. The highest BCUT2D eigenvalue weighted by Crippen LogP contribution is 2.15. The van der Waals surface area contributed by atoms with Gasteiger partial charge in [0.25, 0.3) is 0 Å². The maximum atomic E-state index is 13.2. The Hall–Kier alpha value is -1.62.